The molecule has 0 saturated heterocycles. The molecule has 0 fully saturated rings. The Morgan fingerprint density at radius 1 is 1.33 bits per heavy atom. The fraction of sp³-hybridized carbons (Fsp3) is 0.923. The van der Waals surface area contributed by atoms with Crippen molar-refractivity contribution in [3.8, 4) is 0 Å². The molecule has 0 heterocycles. The number of carbonyl (C=O) groups excluding carboxylic acids is 1. The second-order valence-electron chi connectivity index (χ2n) is 4.01. The highest BCUT2D eigenvalue weighted by Crippen LogP contribution is 2.08. The summed E-state index contributed by atoms with van der Waals surface area (Å²) < 4.78 is 10.1. The summed E-state index contributed by atoms with van der Waals surface area (Å²) in [5.41, 5.74) is 0. The van der Waals surface area contributed by atoms with Gasteiger partial charge in [-0.15, -0.1) is 0 Å². The van der Waals surface area contributed by atoms with E-state index in [0.717, 1.165) is 43.9 Å². The van der Waals surface area contributed by atoms with Crippen molar-refractivity contribution in [2.45, 2.75) is 39.2 Å². The van der Waals surface area contributed by atoms with Crippen LogP contribution in [-0.4, -0.2) is 50.4 Å². The van der Waals surface area contributed by atoms with Crippen molar-refractivity contribution in [2.75, 3.05) is 38.4 Å². The molecule has 0 aliphatic rings. The second-order valence-corrected chi connectivity index (χ2v) is 5.23. The normalized spacial score (nSPS) is 12.4. The van der Waals surface area contributed by atoms with E-state index in [2.05, 4.69) is 12.2 Å². The third kappa shape index (κ3) is 9.74. The lowest BCUT2D eigenvalue weighted by Crippen LogP contribution is -2.39. The summed E-state index contributed by atoms with van der Waals surface area (Å²) >= 11 is 1.86. The standard InChI is InChI=1S/C13H27NO3S/c1-4-8-14-12(13(15)17-5-2)7-11-18-10-6-9-16-3/h12,14H,4-11H2,1-3H3. The fourth-order valence-corrected chi connectivity index (χ4v) is 2.40. The van der Waals surface area contributed by atoms with Gasteiger partial charge in [0.15, 0.2) is 0 Å². The molecule has 0 aliphatic heterocycles. The Balaban J connectivity index is 3.75. The number of thioether (sulfide) groups is 1. The molecule has 0 radical (unpaired) electrons. The van der Waals surface area contributed by atoms with E-state index in [0.29, 0.717) is 6.61 Å². The maximum Gasteiger partial charge on any atom is 0.323 e. The van der Waals surface area contributed by atoms with Gasteiger partial charge in [0, 0.05) is 13.7 Å². The van der Waals surface area contributed by atoms with Crippen molar-refractivity contribution in [3.05, 3.63) is 0 Å². The van der Waals surface area contributed by atoms with Crippen molar-refractivity contribution in [2.24, 2.45) is 0 Å². The highest BCUT2D eigenvalue weighted by Gasteiger charge is 2.17. The van der Waals surface area contributed by atoms with Gasteiger partial charge < -0.3 is 14.8 Å². The van der Waals surface area contributed by atoms with E-state index < -0.39 is 0 Å². The smallest absolute Gasteiger partial charge is 0.323 e. The molecule has 0 spiro atoms. The first kappa shape index (κ1) is 17.7. The van der Waals surface area contributed by atoms with Gasteiger partial charge in [0.2, 0.25) is 0 Å². The van der Waals surface area contributed by atoms with Crippen molar-refractivity contribution >= 4 is 17.7 Å². The molecule has 5 heteroatoms. The van der Waals surface area contributed by atoms with Crippen molar-refractivity contribution in [1.82, 2.24) is 5.32 Å². The lowest BCUT2D eigenvalue weighted by Gasteiger charge is -2.16. The van der Waals surface area contributed by atoms with Gasteiger partial charge in [0.1, 0.15) is 6.04 Å². The second kappa shape index (κ2) is 13.2. The predicted molar refractivity (Wildman–Crippen MR) is 77.1 cm³/mol. The highest BCUT2D eigenvalue weighted by molar-refractivity contribution is 7.99. The molecule has 0 aliphatic carbocycles. The van der Waals surface area contributed by atoms with E-state index in [4.69, 9.17) is 9.47 Å². The van der Waals surface area contributed by atoms with Gasteiger partial charge in [0.25, 0.3) is 0 Å². The molecule has 1 unspecified atom stereocenters. The van der Waals surface area contributed by atoms with Crippen LogP contribution in [0.5, 0.6) is 0 Å². The highest BCUT2D eigenvalue weighted by atomic mass is 32.2. The Labute approximate surface area is 115 Å². The Hall–Kier alpha value is -0.260. The van der Waals surface area contributed by atoms with E-state index in [9.17, 15) is 4.79 Å². The van der Waals surface area contributed by atoms with Gasteiger partial charge in [0.05, 0.1) is 6.61 Å². The van der Waals surface area contributed by atoms with Gasteiger partial charge in [-0.05, 0) is 44.2 Å². The maximum absolute atomic E-state index is 11.7. The van der Waals surface area contributed by atoms with Crippen LogP contribution in [0.2, 0.25) is 0 Å². The van der Waals surface area contributed by atoms with E-state index >= 15 is 0 Å². The lowest BCUT2D eigenvalue weighted by molar-refractivity contribution is -0.145. The monoisotopic (exact) mass is 277 g/mol. The molecule has 1 atom stereocenters. The molecule has 4 nitrogen and oxygen atoms in total. The number of carbonyl (C=O) groups is 1. The van der Waals surface area contributed by atoms with Crippen LogP contribution in [-0.2, 0) is 14.3 Å². The number of methoxy groups -OCH3 is 1. The molecule has 0 bridgehead atoms. The van der Waals surface area contributed by atoms with Gasteiger partial charge in [-0.1, -0.05) is 6.92 Å². The van der Waals surface area contributed by atoms with Gasteiger partial charge in [-0.25, -0.2) is 0 Å². The average molecular weight is 277 g/mol. The molecule has 0 aromatic heterocycles. The molecule has 1 N–H and O–H groups in total. The Bertz CT molecular complexity index is 203. The minimum Gasteiger partial charge on any atom is -0.465 e. The number of rotatable bonds is 12. The van der Waals surface area contributed by atoms with E-state index in [1.54, 1.807) is 7.11 Å². The third-order valence-electron chi connectivity index (χ3n) is 2.40. The van der Waals surface area contributed by atoms with Crippen molar-refractivity contribution < 1.29 is 14.3 Å². The zero-order valence-corrected chi connectivity index (χ0v) is 12.7. The zero-order chi connectivity index (χ0) is 13.6. The first-order valence-corrected chi connectivity index (χ1v) is 7.88. The summed E-state index contributed by atoms with van der Waals surface area (Å²) in [5.74, 6) is 1.93. The van der Waals surface area contributed by atoms with Crippen molar-refractivity contribution in [1.29, 1.82) is 0 Å². The van der Waals surface area contributed by atoms with Gasteiger partial charge in [-0.2, -0.15) is 11.8 Å². The van der Waals surface area contributed by atoms with Gasteiger partial charge >= 0.3 is 5.97 Å². The summed E-state index contributed by atoms with van der Waals surface area (Å²) in [5, 5.41) is 3.24. The molecule has 108 valence electrons. The number of esters is 1. The molecular weight excluding hydrogens is 250 g/mol. The van der Waals surface area contributed by atoms with Crippen LogP contribution in [0.3, 0.4) is 0 Å². The molecule has 0 aromatic carbocycles. The fourth-order valence-electron chi connectivity index (χ4n) is 1.47. The predicted octanol–water partition coefficient (Wildman–Crippen LogP) is 2.08. The number of ether oxygens (including phenoxy) is 2. The number of hydrogen-bond acceptors (Lipinski definition) is 5. The summed E-state index contributed by atoms with van der Waals surface area (Å²) in [7, 11) is 1.72. The summed E-state index contributed by atoms with van der Waals surface area (Å²) in [6.07, 6.45) is 2.92. The largest absolute Gasteiger partial charge is 0.465 e. The molecule has 0 aromatic rings. The molecule has 18 heavy (non-hydrogen) atoms. The van der Waals surface area contributed by atoms with Crippen molar-refractivity contribution in [3.63, 3.8) is 0 Å². The van der Waals surface area contributed by atoms with Crippen LogP contribution < -0.4 is 5.32 Å². The quantitative estimate of drug-likeness (QED) is 0.437. The Morgan fingerprint density at radius 3 is 2.72 bits per heavy atom. The molecular formula is C13H27NO3S. The Kier molecular flexibility index (Phi) is 13.0. The van der Waals surface area contributed by atoms with Crippen LogP contribution in [0.15, 0.2) is 0 Å². The number of nitrogens with one attached hydrogen (secondary N) is 1. The molecule has 0 saturated carbocycles. The minimum atomic E-state index is -0.153. The van der Waals surface area contributed by atoms with Crippen LogP contribution in [0.4, 0.5) is 0 Å². The zero-order valence-electron chi connectivity index (χ0n) is 11.9. The summed E-state index contributed by atoms with van der Waals surface area (Å²) in [4.78, 5) is 11.7. The number of hydrogen-bond donors (Lipinski definition) is 1. The van der Waals surface area contributed by atoms with Crippen LogP contribution in [0, 0.1) is 0 Å². The van der Waals surface area contributed by atoms with Crippen LogP contribution in [0.1, 0.15) is 33.1 Å². The first-order valence-electron chi connectivity index (χ1n) is 6.72. The minimum absolute atomic E-state index is 0.122. The Morgan fingerprint density at radius 2 is 2.11 bits per heavy atom. The molecule has 0 amide bonds. The average Bonchev–Trinajstić information content (AvgIpc) is 2.37. The topological polar surface area (TPSA) is 47.6 Å². The summed E-state index contributed by atoms with van der Waals surface area (Å²) in [6, 6.07) is -0.153. The molecule has 0 rings (SSSR count). The van der Waals surface area contributed by atoms with E-state index in [1.165, 1.54) is 0 Å². The third-order valence-corrected chi connectivity index (χ3v) is 3.50. The van der Waals surface area contributed by atoms with Gasteiger partial charge in [-0.3, -0.25) is 4.79 Å². The maximum atomic E-state index is 11.7. The lowest BCUT2D eigenvalue weighted by atomic mass is 10.2. The first-order chi connectivity index (χ1) is 8.76. The van der Waals surface area contributed by atoms with Crippen LogP contribution in [0.25, 0.3) is 0 Å². The van der Waals surface area contributed by atoms with E-state index in [-0.39, 0.29) is 12.0 Å². The summed E-state index contributed by atoms with van der Waals surface area (Å²) in [6.45, 7) is 6.05. The van der Waals surface area contributed by atoms with E-state index in [1.807, 2.05) is 18.7 Å². The SMILES string of the molecule is CCCNC(CCSCCCOC)C(=O)OCC. The van der Waals surface area contributed by atoms with Crippen LogP contribution >= 0.6 is 11.8 Å².